The molecule has 0 aromatic carbocycles. The number of amidine groups is 1. The zero-order valence-electron chi connectivity index (χ0n) is 14.4. The average molecular weight is 332 g/mol. The number of carbonyl (C=O) groups is 2. The number of fused-ring (bicyclic) bond motifs is 3. The molecule has 8 heteroatoms. The van der Waals surface area contributed by atoms with Crippen molar-refractivity contribution in [2.75, 3.05) is 27.3 Å². The van der Waals surface area contributed by atoms with E-state index in [4.69, 9.17) is 4.74 Å². The van der Waals surface area contributed by atoms with Crippen LogP contribution < -0.4 is 4.57 Å². The Labute approximate surface area is 140 Å². The Bertz CT molecular complexity index is 764. The fraction of sp³-hybridized carbons (Fsp3) is 0.500. The van der Waals surface area contributed by atoms with Crippen molar-refractivity contribution in [3.05, 3.63) is 24.0 Å². The van der Waals surface area contributed by atoms with Crippen molar-refractivity contribution in [2.24, 2.45) is 4.99 Å². The van der Waals surface area contributed by atoms with Crippen LogP contribution in [-0.2, 0) is 16.1 Å². The quantitative estimate of drug-likeness (QED) is 0.591. The first-order chi connectivity index (χ1) is 11.4. The smallest absolute Gasteiger partial charge is 0.381 e. The number of hydrogen-bond donors (Lipinski definition) is 0. The SMILES string of the molecule is C=C(C)CN1C(=O)C2C(=Nc3n(CCOC)c(C)c[n+]32)N(C)C1=O. The van der Waals surface area contributed by atoms with Gasteiger partial charge in [-0.25, -0.2) is 13.9 Å². The lowest BCUT2D eigenvalue weighted by molar-refractivity contribution is -0.677. The molecule has 1 aromatic rings. The fourth-order valence-electron chi connectivity index (χ4n) is 3.11. The third kappa shape index (κ3) is 2.34. The molecule has 3 heterocycles. The van der Waals surface area contributed by atoms with Crippen molar-refractivity contribution in [2.45, 2.75) is 26.4 Å². The molecule has 2 aliphatic rings. The Balaban J connectivity index is 2.03. The summed E-state index contributed by atoms with van der Waals surface area (Å²) < 4.78 is 8.96. The Hall–Kier alpha value is -2.48. The van der Waals surface area contributed by atoms with Crippen LogP contribution in [0.5, 0.6) is 0 Å². The number of imidazole rings is 1. The van der Waals surface area contributed by atoms with E-state index in [9.17, 15) is 9.59 Å². The summed E-state index contributed by atoms with van der Waals surface area (Å²) in [5.41, 5.74) is 1.74. The largest absolute Gasteiger partial charge is 0.402 e. The van der Waals surface area contributed by atoms with Gasteiger partial charge in [0.25, 0.3) is 5.91 Å². The number of aromatic nitrogens is 2. The van der Waals surface area contributed by atoms with Crippen LogP contribution in [0.4, 0.5) is 10.7 Å². The Morgan fingerprint density at radius 2 is 2.17 bits per heavy atom. The average Bonchev–Trinajstić information content (AvgIpc) is 3.02. The minimum atomic E-state index is -0.607. The number of aliphatic imine (C=N–C) groups is 1. The molecule has 0 radical (unpaired) electrons. The molecular formula is C16H22N5O3+. The van der Waals surface area contributed by atoms with E-state index in [1.807, 2.05) is 22.3 Å². The topological polar surface area (TPSA) is 71.0 Å². The molecule has 24 heavy (non-hydrogen) atoms. The molecule has 1 unspecified atom stereocenters. The van der Waals surface area contributed by atoms with Gasteiger partial charge in [-0.1, -0.05) is 17.1 Å². The molecule has 128 valence electrons. The second-order valence-electron chi connectivity index (χ2n) is 6.22. The molecule has 0 spiro atoms. The van der Waals surface area contributed by atoms with Gasteiger partial charge in [-0.15, -0.1) is 0 Å². The van der Waals surface area contributed by atoms with Crippen LogP contribution in [0.1, 0.15) is 18.7 Å². The Morgan fingerprint density at radius 3 is 2.79 bits per heavy atom. The lowest BCUT2D eigenvalue weighted by Crippen LogP contribution is -2.62. The second kappa shape index (κ2) is 5.86. The van der Waals surface area contributed by atoms with Gasteiger partial charge >= 0.3 is 12.0 Å². The maximum atomic E-state index is 12.9. The molecule has 1 fully saturated rings. The molecule has 0 N–H and O–H groups in total. The van der Waals surface area contributed by atoms with Crippen molar-refractivity contribution in [1.82, 2.24) is 14.4 Å². The number of ether oxygens (including phenoxy) is 1. The van der Waals surface area contributed by atoms with Crippen LogP contribution in [0, 0.1) is 6.92 Å². The maximum absolute atomic E-state index is 12.9. The summed E-state index contributed by atoms with van der Waals surface area (Å²) in [5.74, 6) is 0.853. The summed E-state index contributed by atoms with van der Waals surface area (Å²) in [6.45, 7) is 8.95. The number of nitrogens with zero attached hydrogens (tertiary/aromatic N) is 5. The highest BCUT2D eigenvalue weighted by Gasteiger charge is 2.52. The standard InChI is InChI=1S/C16H22N5O3/c1-10(2)8-21-14(22)12-13(18(4)16(21)23)17-15-19(6-7-24-5)11(3)9-20(12)15/h9,12H,1,6-8H2,2-5H3/q+1. The lowest BCUT2D eigenvalue weighted by Gasteiger charge is -2.33. The van der Waals surface area contributed by atoms with E-state index in [1.54, 1.807) is 21.1 Å². The van der Waals surface area contributed by atoms with Gasteiger partial charge in [0.2, 0.25) is 11.9 Å². The van der Waals surface area contributed by atoms with E-state index < -0.39 is 6.04 Å². The van der Waals surface area contributed by atoms with Gasteiger partial charge in [0.1, 0.15) is 11.9 Å². The van der Waals surface area contributed by atoms with Gasteiger partial charge in [0, 0.05) is 14.2 Å². The van der Waals surface area contributed by atoms with E-state index in [0.717, 1.165) is 11.3 Å². The number of urea groups is 1. The highest BCUT2D eigenvalue weighted by molar-refractivity contribution is 6.19. The van der Waals surface area contributed by atoms with Crippen LogP contribution in [-0.4, -0.2) is 59.4 Å². The molecule has 0 aliphatic carbocycles. The van der Waals surface area contributed by atoms with Crippen LogP contribution in [0.3, 0.4) is 0 Å². The van der Waals surface area contributed by atoms with E-state index in [-0.39, 0.29) is 18.5 Å². The summed E-state index contributed by atoms with van der Waals surface area (Å²) in [4.78, 5) is 32.6. The highest BCUT2D eigenvalue weighted by atomic mass is 16.5. The monoisotopic (exact) mass is 332 g/mol. The lowest BCUT2D eigenvalue weighted by atomic mass is 10.1. The van der Waals surface area contributed by atoms with Gasteiger partial charge in [-0.05, 0) is 13.8 Å². The maximum Gasteiger partial charge on any atom is 0.402 e. The van der Waals surface area contributed by atoms with Gasteiger partial charge in [0.15, 0.2) is 0 Å². The van der Waals surface area contributed by atoms with Gasteiger partial charge in [0.05, 0.1) is 19.7 Å². The van der Waals surface area contributed by atoms with Crippen LogP contribution >= 0.6 is 0 Å². The van der Waals surface area contributed by atoms with Crippen molar-refractivity contribution < 1.29 is 18.9 Å². The van der Waals surface area contributed by atoms with Crippen molar-refractivity contribution >= 4 is 23.7 Å². The predicted molar refractivity (Wildman–Crippen MR) is 87.1 cm³/mol. The van der Waals surface area contributed by atoms with Gasteiger partial charge in [-0.2, -0.15) is 0 Å². The molecule has 3 rings (SSSR count). The second-order valence-corrected chi connectivity index (χ2v) is 6.22. The number of likely N-dealkylation sites (N-methyl/N-ethyl adjacent to an activating group) is 1. The van der Waals surface area contributed by atoms with E-state index in [2.05, 4.69) is 11.6 Å². The molecule has 1 aromatic heterocycles. The third-order valence-corrected chi connectivity index (χ3v) is 4.27. The van der Waals surface area contributed by atoms with Crippen molar-refractivity contribution in [3.8, 4) is 0 Å². The van der Waals surface area contributed by atoms with Crippen molar-refractivity contribution in [3.63, 3.8) is 0 Å². The minimum Gasteiger partial charge on any atom is -0.381 e. The molecule has 2 aliphatic heterocycles. The number of hydrogen-bond acceptors (Lipinski definition) is 4. The first kappa shape index (κ1) is 16.4. The number of aryl methyl sites for hydroxylation is 1. The van der Waals surface area contributed by atoms with Crippen LogP contribution in [0.2, 0.25) is 0 Å². The number of imide groups is 1. The van der Waals surface area contributed by atoms with Crippen LogP contribution in [0.25, 0.3) is 0 Å². The molecule has 3 amide bonds. The summed E-state index contributed by atoms with van der Waals surface area (Å²) in [6.07, 6.45) is 1.90. The number of rotatable bonds is 5. The van der Waals surface area contributed by atoms with E-state index >= 15 is 0 Å². The minimum absolute atomic E-state index is 0.213. The normalized spacial score (nSPS) is 19.5. The summed E-state index contributed by atoms with van der Waals surface area (Å²) in [7, 11) is 3.29. The zero-order valence-corrected chi connectivity index (χ0v) is 14.4. The summed E-state index contributed by atoms with van der Waals surface area (Å²) in [6, 6.07) is -0.978. The molecule has 8 nitrogen and oxygen atoms in total. The Kier molecular flexibility index (Phi) is 4.00. The summed E-state index contributed by atoms with van der Waals surface area (Å²) in [5, 5.41) is 0. The molecular weight excluding hydrogens is 310 g/mol. The Morgan fingerprint density at radius 1 is 1.46 bits per heavy atom. The van der Waals surface area contributed by atoms with Gasteiger partial charge in [-0.3, -0.25) is 14.6 Å². The van der Waals surface area contributed by atoms with Crippen molar-refractivity contribution in [1.29, 1.82) is 0 Å². The predicted octanol–water partition coefficient (Wildman–Crippen LogP) is 0.785. The first-order valence-corrected chi connectivity index (χ1v) is 7.79. The molecule has 1 atom stereocenters. The van der Waals surface area contributed by atoms with Gasteiger partial charge < -0.3 is 4.74 Å². The first-order valence-electron chi connectivity index (χ1n) is 7.79. The summed E-state index contributed by atoms with van der Waals surface area (Å²) >= 11 is 0. The van der Waals surface area contributed by atoms with Crippen LogP contribution in [0.15, 0.2) is 23.3 Å². The zero-order chi connectivity index (χ0) is 17.6. The third-order valence-electron chi connectivity index (χ3n) is 4.27. The van der Waals surface area contributed by atoms with E-state index in [1.165, 1.54) is 9.80 Å². The van der Waals surface area contributed by atoms with E-state index in [0.29, 0.717) is 24.9 Å². The number of carbonyl (C=O) groups excluding carboxylic acids is 2. The molecule has 0 saturated carbocycles. The molecule has 0 bridgehead atoms. The highest BCUT2D eigenvalue weighted by Crippen LogP contribution is 2.29. The fourth-order valence-corrected chi connectivity index (χ4v) is 3.11. The molecule has 1 saturated heterocycles. The number of methoxy groups -OCH3 is 1. The number of amides is 3.